The first-order valence-corrected chi connectivity index (χ1v) is 5.86. The quantitative estimate of drug-likeness (QED) is 0.712. The van der Waals surface area contributed by atoms with E-state index in [0.29, 0.717) is 5.56 Å². The fourth-order valence-corrected chi connectivity index (χ4v) is 2.13. The Balaban J connectivity index is 2.33. The zero-order chi connectivity index (χ0) is 12.5. The van der Waals surface area contributed by atoms with Gasteiger partial charge in [0, 0.05) is 28.9 Å². The Hall–Kier alpha value is -2.13. The highest BCUT2D eigenvalue weighted by atomic mass is 35.5. The van der Waals surface area contributed by atoms with Crippen molar-refractivity contribution in [3.8, 4) is 11.3 Å². The minimum atomic E-state index is -0.467. The number of pyridine rings is 1. The SMILES string of the molecule is O=C(Cl)c1cc(-c2cc[nH]c2)nc2ccccc12. The fraction of sp³-hybridized carbons (Fsp3) is 0. The van der Waals surface area contributed by atoms with E-state index in [4.69, 9.17) is 11.6 Å². The van der Waals surface area contributed by atoms with Gasteiger partial charge in [0.15, 0.2) is 0 Å². The Labute approximate surface area is 108 Å². The van der Waals surface area contributed by atoms with Crippen molar-refractivity contribution < 1.29 is 4.79 Å². The topological polar surface area (TPSA) is 45.8 Å². The molecule has 0 saturated carbocycles. The van der Waals surface area contributed by atoms with Gasteiger partial charge in [-0.25, -0.2) is 4.98 Å². The van der Waals surface area contributed by atoms with Crippen LogP contribution < -0.4 is 0 Å². The largest absolute Gasteiger partial charge is 0.367 e. The Morgan fingerprint density at radius 3 is 2.78 bits per heavy atom. The van der Waals surface area contributed by atoms with E-state index in [-0.39, 0.29) is 0 Å². The van der Waals surface area contributed by atoms with Crippen LogP contribution in [0.4, 0.5) is 0 Å². The molecule has 0 aliphatic heterocycles. The van der Waals surface area contributed by atoms with Crippen LogP contribution in [0.2, 0.25) is 0 Å². The molecule has 1 aromatic carbocycles. The first kappa shape index (κ1) is 11.0. The number of carbonyl (C=O) groups excluding carboxylic acids is 1. The number of carbonyl (C=O) groups is 1. The average molecular weight is 257 g/mol. The third-order valence-corrected chi connectivity index (χ3v) is 3.03. The number of para-hydroxylation sites is 1. The number of nitrogens with one attached hydrogen (secondary N) is 1. The van der Waals surface area contributed by atoms with Crippen molar-refractivity contribution in [1.29, 1.82) is 0 Å². The molecule has 0 saturated heterocycles. The summed E-state index contributed by atoms with van der Waals surface area (Å²) in [7, 11) is 0. The lowest BCUT2D eigenvalue weighted by molar-refractivity contribution is 0.108. The van der Waals surface area contributed by atoms with Gasteiger partial charge in [-0.05, 0) is 29.8 Å². The van der Waals surface area contributed by atoms with Gasteiger partial charge in [-0.1, -0.05) is 18.2 Å². The van der Waals surface area contributed by atoms with Crippen LogP contribution >= 0.6 is 11.6 Å². The molecule has 18 heavy (non-hydrogen) atoms. The first-order valence-electron chi connectivity index (χ1n) is 5.48. The second kappa shape index (κ2) is 4.27. The van der Waals surface area contributed by atoms with Crippen LogP contribution in [-0.4, -0.2) is 15.2 Å². The molecular formula is C14H9ClN2O. The summed E-state index contributed by atoms with van der Waals surface area (Å²) >= 11 is 5.64. The summed E-state index contributed by atoms with van der Waals surface area (Å²) in [4.78, 5) is 19.0. The van der Waals surface area contributed by atoms with Crippen molar-refractivity contribution in [2.75, 3.05) is 0 Å². The third-order valence-electron chi connectivity index (χ3n) is 2.82. The molecule has 0 aliphatic rings. The summed E-state index contributed by atoms with van der Waals surface area (Å²) in [5, 5.41) is 0.308. The first-order chi connectivity index (χ1) is 8.75. The summed E-state index contributed by atoms with van der Waals surface area (Å²) in [5.74, 6) is 0. The van der Waals surface area contributed by atoms with E-state index < -0.39 is 5.24 Å². The van der Waals surface area contributed by atoms with Gasteiger partial charge in [-0.3, -0.25) is 4.79 Å². The van der Waals surface area contributed by atoms with Gasteiger partial charge < -0.3 is 4.98 Å². The van der Waals surface area contributed by atoms with Gasteiger partial charge in [0.05, 0.1) is 11.2 Å². The van der Waals surface area contributed by atoms with Gasteiger partial charge in [-0.2, -0.15) is 0 Å². The van der Waals surface area contributed by atoms with Crippen LogP contribution in [0.15, 0.2) is 48.8 Å². The predicted octanol–water partition coefficient (Wildman–Crippen LogP) is 3.61. The standard InChI is InChI=1S/C14H9ClN2O/c15-14(18)11-7-13(9-5-6-16-8-9)17-12-4-2-1-3-10(11)12/h1-8,16H. The molecule has 3 rings (SSSR count). The molecule has 0 aliphatic carbocycles. The summed E-state index contributed by atoms with van der Waals surface area (Å²) in [6.07, 6.45) is 3.65. The number of benzene rings is 1. The van der Waals surface area contributed by atoms with Crippen molar-refractivity contribution in [2.24, 2.45) is 0 Å². The number of rotatable bonds is 2. The smallest absolute Gasteiger partial charge is 0.253 e. The Bertz CT molecular complexity index is 720. The number of halogens is 1. The monoisotopic (exact) mass is 256 g/mol. The highest BCUT2D eigenvalue weighted by Gasteiger charge is 2.11. The molecule has 4 heteroatoms. The summed E-state index contributed by atoms with van der Waals surface area (Å²) in [5.41, 5.74) is 2.91. The van der Waals surface area contributed by atoms with E-state index in [9.17, 15) is 4.79 Å². The number of hydrogen-bond acceptors (Lipinski definition) is 2. The number of fused-ring (bicyclic) bond motifs is 1. The van der Waals surface area contributed by atoms with Crippen LogP contribution in [-0.2, 0) is 0 Å². The molecule has 0 bridgehead atoms. The van der Waals surface area contributed by atoms with Gasteiger partial charge in [0.25, 0.3) is 5.24 Å². The molecule has 2 heterocycles. The molecule has 3 aromatic rings. The van der Waals surface area contributed by atoms with Crippen LogP contribution in [0, 0.1) is 0 Å². The Morgan fingerprint density at radius 2 is 2.06 bits per heavy atom. The lowest BCUT2D eigenvalue weighted by Gasteiger charge is -2.05. The molecule has 1 N–H and O–H groups in total. The molecule has 3 nitrogen and oxygen atoms in total. The molecule has 0 unspecified atom stereocenters. The molecule has 2 aromatic heterocycles. The highest BCUT2D eigenvalue weighted by Crippen LogP contribution is 2.25. The van der Waals surface area contributed by atoms with Crippen molar-refractivity contribution in [3.63, 3.8) is 0 Å². The summed E-state index contributed by atoms with van der Waals surface area (Å²) < 4.78 is 0. The van der Waals surface area contributed by atoms with E-state index in [2.05, 4.69) is 9.97 Å². The Kier molecular flexibility index (Phi) is 2.61. The number of hydrogen-bond donors (Lipinski definition) is 1. The second-order valence-electron chi connectivity index (χ2n) is 3.95. The molecule has 0 radical (unpaired) electrons. The van der Waals surface area contributed by atoms with Crippen LogP contribution in [0.25, 0.3) is 22.2 Å². The third kappa shape index (κ3) is 1.79. The van der Waals surface area contributed by atoms with E-state index in [1.807, 2.05) is 42.7 Å². The molecule has 0 amide bonds. The maximum absolute atomic E-state index is 11.5. The van der Waals surface area contributed by atoms with Gasteiger partial charge >= 0.3 is 0 Å². The Morgan fingerprint density at radius 1 is 1.22 bits per heavy atom. The summed E-state index contributed by atoms with van der Waals surface area (Å²) in [6, 6.07) is 11.1. The van der Waals surface area contributed by atoms with E-state index in [1.54, 1.807) is 6.07 Å². The minimum Gasteiger partial charge on any atom is -0.367 e. The van der Waals surface area contributed by atoms with Gasteiger partial charge in [0.2, 0.25) is 0 Å². The van der Waals surface area contributed by atoms with Crippen LogP contribution in [0.5, 0.6) is 0 Å². The van der Waals surface area contributed by atoms with Crippen molar-refractivity contribution in [1.82, 2.24) is 9.97 Å². The second-order valence-corrected chi connectivity index (χ2v) is 4.29. The molecular weight excluding hydrogens is 248 g/mol. The number of nitrogens with zero attached hydrogens (tertiary/aromatic N) is 1. The summed E-state index contributed by atoms with van der Waals surface area (Å²) in [6.45, 7) is 0. The number of H-pyrrole nitrogens is 1. The van der Waals surface area contributed by atoms with Gasteiger partial charge in [-0.15, -0.1) is 0 Å². The van der Waals surface area contributed by atoms with Crippen molar-refractivity contribution in [2.45, 2.75) is 0 Å². The molecule has 88 valence electrons. The van der Waals surface area contributed by atoms with E-state index in [0.717, 1.165) is 22.2 Å². The van der Waals surface area contributed by atoms with Crippen LogP contribution in [0.1, 0.15) is 10.4 Å². The number of aromatic amines is 1. The fourth-order valence-electron chi connectivity index (χ4n) is 1.97. The predicted molar refractivity (Wildman–Crippen MR) is 71.7 cm³/mol. The zero-order valence-electron chi connectivity index (χ0n) is 9.35. The van der Waals surface area contributed by atoms with E-state index >= 15 is 0 Å². The lowest BCUT2D eigenvalue weighted by Crippen LogP contribution is -1.95. The molecule has 0 fully saturated rings. The zero-order valence-corrected chi connectivity index (χ0v) is 10.1. The highest BCUT2D eigenvalue weighted by molar-refractivity contribution is 6.68. The average Bonchev–Trinajstić information content (AvgIpc) is 2.91. The van der Waals surface area contributed by atoms with Crippen molar-refractivity contribution >= 4 is 27.7 Å². The minimum absolute atomic E-state index is 0.467. The van der Waals surface area contributed by atoms with E-state index in [1.165, 1.54) is 0 Å². The maximum Gasteiger partial charge on any atom is 0.253 e. The van der Waals surface area contributed by atoms with Gasteiger partial charge in [0.1, 0.15) is 0 Å². The van der Waals surface area contributed by atoms with Crippen molar-refractivity contribution in [3.05, 3.63) is 54.4 Å². The molecule has 0 spiro atoms. The number of aromatic nitrogens is 2. The lowest BCUT2D eigenvalue weighted by atomic mass is 10.1. The maximum atomic E-state index is 11.5. The molecule has 0 atom stereocenters. The normalized spacial score (nSPS) is 10.7. The van der Waals surface area contributed by atoms with Crippen LogP contribution in [0.3, 0.4) is 0 Å².